The molecule has 3 N–H and O–H groups in total. The first-order chi connectivity index (χ1) is 11.0. The van der Waals surface area contributed by atoms with Gasteiger partial charge in [0.2, 0.25) is 0 Å². The molecule has 0 spiro atoms. The second-order valence-corrected chi connectivity index (χ2v) is 4.79. The lowest BCUT2D eigenvalue weighted by atomic mass is 10.2. The first-order valence-corrected chi connectivity index (χ1v) is 6.80. The van der Waals surface area contributed by atoms with Crippen LogP contribution >= 0.6 is 11.6 Å². The van der Waals surface area contributed by atoms with Crippen LogP contribution in [-0.4, -0.2) is 23.5 Å². The lowest BCUT2D eigenvalue weighted by Gasteiger charge is -2.10. The number of phenolic OH excluding ortho intramolecular Hbond substituents is 1. The van der Waals surface area contributed by atoms with E-state index in [-0.39, 0.29) is 22.1 Å². The third-order valence-electron chi connectivity index (χ3n) is 2.72. The molecular formula is C15H12ClFN2O4. The highest BCUT2D eigenvalue weighted by Crippen LogP contribution is 2.24. The summed E-state index contributed by atoms with van der Waals surface area (Å²) in [6.45, 7) is -0.438. The van der Waals surface area contributed by atoms with Crippen molar-refractivity contribution in [3.05, 3.63) is 58.9 Å². The molecule has 0 fully saturated rings. The van der Waals surface area contributed by atoms with E-state index in [0.717, 1.165) is 12.1 Å². The van der Waals surface area contributed by atoms with Crippen LogP contribution in [0.5, 0.6) is 11.5 Å². The molecule has 0 aromatic heterocycles. The largest absolute Gasteiger partial charge is 0.507 e. The minimum absolute atomic E-state index is 0.00953. The van der Waals surface area contributed by atoms with Gasteiger partial charge in [0.25, 0.3) is 11.8 Å². The Morgan fingerprint density at radius 3 is 2.61 bits per heavy atom. The van der Waals surface area contributed by atoms with E-state index in [4.69, 9.17) is 16.3 Å². The Balaban J connectivity index is 1.83. The van der Waals surface area contributed by atoms with Gasteiger partial charge in [-0.15, -0.1) is 0 Å². The summed E-state index contributed by atoms with van der Waals surface area (Å²) in [6, 6.07) is 9.34. The third kappa shape index (κ3) is 4.58. The van der Waals surface area contributed by atoms with Crippen molar-refractivity contribution in [1.82, 2.24) is 10.9 Å². The second-order valence-electron chi connectivity index (χ2n) is 4.38. The van der Waals surface area contributed by atoms with Gasteiger partial charge in [0.1, 0.15) is 17.3 Å². The molecule has 120 valence electrons. The first kappa shape index (κ1) is 16.6. The van der Waals surface area contributed by atoms with Crippen LogP contribution in [0.4, 0.5) is 4.39 Å². The molecular weight excluding hydrogens is 327 g/mol. The fraction of sp³-hybridized carbons (Fsp3) is 0.0667. The van der Waals surface area contributed by atoms with E-state index in [0.29, 0.717) is 0 Å². The summed E-state index contributed by atoms with van der Waals surface area (Å²) >= 11 is 5.74. The van der Waals surface area contributed by atoms with Crippen molar-refractivity contribution in [3.8, 4) is 11.5 Å². The van der Waals surface area contributed by atoms with Gasteiger partial charge in [-0.1, -0.05) is 23.7 Å². The zero-order chi connectivity index (χ0) is 16.8. The molecule has 6 nitrogen and oxygen atoms in total. The SMILES string of the molecule is O=C(COc1ccc(F)cc1Cl)NNC(=O)c1ccccc1O. The van der Waals surface area contributed by atoms with Gasteiger partial charge < -0.3 is 9.84 Å². The second kappa shape index (κ2) is 7.46. The van der Waals surface area contributed by atoms with Gasteiger partial charge >= 0.3 is 0 Å². The fourth-order valence-electron chi connectivity index (χ4n) is 1.63. The number of halogens is 2. The number of phenols is 1. The molecule has 0 aliphatic rings. The molecule has 2 aromatic carbocycles. The van der Waals surface area contributed by atoms with Crippen LogP contribution < -0.4 is 15.6 Å². The maximum Gasteiger partial charge on any atom is 0.276 e. The Bertz CT molecular complexity index is 739. The number of aromatic hydroxyl groups is 1. The number of hydrogen-bond acceptors (Lipinski definition) is 4. The number of carbonyl (C=O) groups is 2. The standard InChI is InChI=1S/C15H12ClFN2O4/c16-11-7-9(17)5-6-13(11)23-8-14(21)18-19-15(22)10-3-1-2-4-12(10)20/h1-7,20H,8H2,(H,18,21)(H,19,22). The van der Waals surface area contributed by atoms with Crippen molar-refractivity contribution in [2.24, 2.45) is 0 Å². The first-order valence-electron chi connectivity index (χ1n) is 6.42. The van der Waals surface area contributed by atoms with Crippen LogP contribution in [0.15, 0.2) is 42.5 Å². The number of rotatable bonds is 4. The summed E-state index contributed by atoms with van der Waals surface area (Å²) in [6.07, 6.45) is 0. The molecule has 0 aliphatic heterocycles. The van der Waals surface area contributed by atoms with Gasteiger partial charge in [0, 0.05) is 0 Å². The van der Waals surface area contributed by atoms with Crippen molar-refractivity contribution in [2.45, 2.75) is 0 Å². The molecule has 23 heavy (non-hydrogen) atoms. The predicted molar refractivity (Wildman–Crippen MR) is 80.6 cm³/mol. The highest BCUT2D eigenvalue weighted by molar-refractivity contribution is 6.32. The number of nitrogens with one attached hydrogen (secondary N) is 2. The Labute approximate surface area is 135 Å². The van der Waals surface area contributed by atoms with E-state index in [1.165, 1.54) is 18.2 Å². The van der Waals surface area contributed by atoms with Gasteiger partial charge in [-0.25, -0.2) is 4.39 Å². The zero-order valence-corrected chi connectivity index (χ0v) is 12.4. The normalized spacial score (nSPS) is 10.0. The molecule has 0 saturated heterocycles. The summed E-state index contributed by atoms with van der Waals surface area (Å²) in [5.41, 5.74) is 4.26. The number of hydrazine groups is 1. The van der Waals surface area contributed by atoms with Crippen LogP contribution in [0.1, 0.15) is 10.4 Å². The number of hydrogen-bond donors (Lipinski definition) is 3. The summed E-state index contributed by atoms with van der Waals surface area (Å²) in [5.74, 6) is -1.95. The molecule has 2 amide bonds. The molecule has 0 radical (unpaired) electrons. The minimum atomic E-state index is -0.684. The Hall–Kier alpha value is -2.80. The van der Waals surface area contributed by atoms with Crippen molar-refractivity contribution < 1.29 is 23.8 Å². The molecule has 0 saturated carbocycles. The zero-order valence-electron chi connectivity index (χ0n) is 11.7. The quantitative estimate of drug-likeness (QED) is 0.744. The molecule has 2 aromatic rings. The van der Waals surface area contributed by atoms with E-state index < -0.39 is 24.2 Å². The van der Waals surface area contributed by atoms with Gasteiger partial charge in [0.15, 0.2) is 6.61 Å². The van der Waals surface area contributed by atoms with Gasteiger partial charge in [0.05, 0.1) is 10.6 Å². The molecule has 0 bridgehead atoms. The van der Waals surface area contributed by atoms with E-state index in [1.807, 2.05) is 0 Å². The van der Waals surface area contributed by atoms with Crippen LogP contribution in [0.3, 0.4) is 0 Å². The van der Waals surface area contributed by atoms with Gasteiger partial charge in [-0.05, 0) is 30.3 Å². The van der Waals surface area contributed by atoms with E-state index in [1.54, 1.807) is 12.1 Å². The molecule has 8 heteroatoms. The number of para-hydroxylation sites is 1. The van der Waals surface area contributed by atoms with Crippen LogP contribution in [0.2, 0.25) is 5.02 Å². The average Bonchev–Trinajstić information content (AvgIpc) is 2.52. The van der Waals surface area contributed by atoms with E-state index in [9.17, 15) is 19.1 Å². The summed E-state index contributed by atoms with van der Waals surface area (Å²) < 4.78 is 18.0. The molecule has 0 unspecified atom stereocenters. The molecule has 0 atom stereocenters. The van der Waals surface area contributed by atoms with Crippen LogP contribution in [0.25, 0.3) is 0 Å². The Morgan fingerprint density at radius 1 is 1.17 bits per heavy atom. The van der Waals surface area contributed by atoms with Crippen molar-refractivity contribution >= 4 is 23.4 Å². The van der Waals surface area contributed by atoms with Crippen LogP contribution in [0, 0.1) is 5.82 Å². The lowest BCUT2D eigenvalue weighted by Crippen LogP contribution is -2.43. The number of ether oxygens (including phenoxy) is 1. The van der Waals surface area contributed by atoms with Crippen molar-refractivity contribution in [2.75, 3.05) is 6.61 Å². The fourth-order valence-corrected chi connectivity index (χ4v) is 1.85. The lowest BCUT2D eigenvalue weighted by molar-refractivity contribution is -0.123. The summed E-state index contributed by atoms with van der Waals surface area (Å²) in [5, 5.41) is 9.53. The van der Waals surface area contributed by atoms with E-state index >= 15 is 0 Å². The highest BCUT2D eigenvalue weighted by atomic mass is 35.5. The topological polar surface area (TPSA) is 87.7 Å². The third-order valence-corrected chi connectivity index (χ3v) is 3.01. The average molecular weight is 339 g/mol. The number of amides is 2. The Kier molecular flexibility index (Phi) is 5.37. The maximum absolute atomic E-state index is 12.9. The summed E-state index contributed by atoms with van der Waals surface area (Å²) in [4.78, 5) is 23.3. The van der Waals surface area contributed by atoms with Gasteiger partial charge in [-0.3, -0.25) is 20.4 Å². The predicted octanol–water partition coefficient (Wildman–Crippen LogP) is 2.02. The Morgan fingerprint density at radius 2 is 1.91 bits per heavy atom. The van der Waals surface area contributed by atoms with Crippen LogP contribution in [-0.2, 0) is 4.79 Å². The van der Waals surface area contributed by atoms with Crippen molar-refractivity contribution in [1.29, 1.82) is 0 Å². The number of carbonyl (C=O) groups excluding carboxylic acids is 2. The molecule has 0 heterocycles. The molecule has 0 aliphatic carbocycles. The van der Waals surface area contributed by atoms with Crippen molar-refractivity contribution in [3.63, 3.8) is 0 Å². The highest BCUT2D eigenvalue weighted by Gasteiger charge is 2.12. The maximum atomic E-state index is 12.9. The van der Waals surface area contributed by atoms with Gasteiger partial charge in [-0.2, -0.15) is 0 Å². The molecule has 2 rings (SSSR count). The van der Waals surface area contributed by atoms with E-state index in [2.05, 4.69) is 10.9 Å². The smallest absolute Gasteiger partial charge is 0.276 e. The monoisotopic (exact) mass is 338 g/mol. The minimum Gasteiger partial charge on any atom is -0.507 e. The summed E-state index contributed by atoms with van der Waals surface area (Å²) in [7, 11) is 0. The number of benzene rings is 2.